The second kappa shape index (κ2) is 9.57. The first-order valence-electron chi connectivity index (χ1n) is 10.2. The molecule has 0 aliphatic carbocycles. The summed E-state index contributed by atoms with van der Waals surface area (Å²) >= 11 is 5.87. The number of imide groups is 1. The van der Waals surface area contributed by atoms with Crippen LogP contribution in [0.15, 0.2) is 30.4 Å². The first-order chi connectivity index (χ1) is 14.8. The summed E-state index contributed by atoms with van der Waals surface area (Å²) in [5.41, 5.74) is -0.000511. The molecule has 1 aromatic rings. The summed E-state index contributed by atoms with van der Waals surface area (Å²) in [5.74, 6) is -4.24. The molecule has 9 nitrogen and oxygen atoms in total. The summed E-state index contributed by atoms with van der Waals surface area (Å²) in [5, 5.41) is 23.6. The maximum absolute atomic E-state index is 13.1. The van der Waals surface area contributed by atoms with Crippen molar-refractivity contribution in [3.63, 3.8) is 0 Å². The lowest BCUT2D eigenvalue weighted by molar-refractivity contribution is -0.384. The molecule has 166 valence electrons. The van der Waals surface area contributed by atoms with E-state index in [1.165, 1.54) is 18.2 Å². The normalized spacial score (nSPS) is 25.4. The van der Waals surface area contributed by atoms with Gasteiger partial charge < -0.3 is 5.11 Å². The highest BCUT2D eigenvalue weighted by atomic mass is 35.5. The van der Waals surface area contributed by atoms with Crippen LogP contribution in [0, 0.1) is 22.0 Å². The van der Waals surface area contributed by atoms with Crippen LogP contribution in [0.5, 0.6) is 0 Å². The third kappa shape index (κ3) is 4.47. The van der Waals surface area contributed by atoms with Crippen LogP contribution in [0.3, 0.4) is 0 Å². The van der Waals surface area contributed by atoms with Gasteiger partial charge in [-0.2, -0.15) is 0 Å². The standard InChI is InChI=1S/C21H24ClN3O6/c1-2-3-4-5-6-7-10-24-19(26)15-16(20(24)27)18(21(28)29)23-17(15)12-8-9-13(22)14(11-12)25(30)31/h5-6,8-9,11,15-18,23H,2-4,7,10H2,1H3,(H,28,29). The van der Waals surface area contributed by atoms with Crippen LogP contribution in [0.1, 0.15) is 44.2 Å². The molecule has 2 amide bonds. The SMILES string of the molecule is CCCCC=CCCN1C(=O)C2C(C(=O)O)NC(c3ccc(Cl)c([N+](=O)[O-])c3)C2C1=O. The lowest BCUT2D eigenvalue weighted by Crippen LogP contribution is -2.43. The van der Waals surface area contributed by atoms with Gasteiger partial charge in [0.05, 0.1) is 16.8 Å². The molecule has 2 saturated heterocycles. The minimum Gasteiger partial charge on any atom is -0.480 e. The second-order valence-corrected chi connectivity index (χ2v) is 8.12. The Morgan fingerprint density at radius 3 is 2.58 bits per heavy atom. The van der Waals surface area contributed by atoms with Crippen LogP contribution in [0.4, 0.5) is 5.69 Å². The van der Waals surface area contributed by atoms with Crippen LogP contribution < -0.4 is 5.32 Å². The summed E-state index contributed by atoms with van der Waals surface area (Å²) < 4.78 is 0. The summed E-state index contributed by atoms with van der Waals surface area (Å²) in [4.78, 5) is 49.5. The van der Waals surface area contributed by atoms with E-state index in [0.29, 0.717) is 12.0 Å². The number of carboxylic acid groups (broad SMARTS) is 1. The van der Waals surface area contributed by atoms with E-state index < -0.39 is 46.6 Å². The highest BCUT2D eigenvalue weighted by Gasteiger charge is 2.60. The molecular weight excluding hydrogens is 426 g/mol. The predicted molar refractivity (Wildman–Crippen MR) is 112 cm³/mol. The van der Waals surface area contributed by atoms with Crippen LogP contribution in [-0.4, -0.2) is 45.3 Å². The number of allylic oxidation sites excluding steroid dienone is 1. The fraction of sp³-hybridized carbons (Fsp3) is 0.476. The van der Waals surface area contributed by atoms with Crippen molar-refractivity contribution in [3.05, 3.63) is 51.1 Å². The number of hydrogen-bond acceptors (Lipinski definition) is 6. The number of halogens is 1. The van der Waals surface area contributed by atoms with Gasteiger partial charge in [-0.05, 0) is 24.5 Å². The van der Waals surface area contributed by atoms with Crippen molar-refractivity contribution in [3.8, 4) is 0 Å². The van der Waals surface area contributed by atoms with Crippen molar-refractivity contribution in [1.29, 1.82) is 0 Å². The maximum Gasteiger partial charge on any atom is 0.321 e. The molecule has 2 aliphatic rings. The van der Waals surface area contributed by atoms with Crippen molar-refractivity contribution in [2.75, 3.05) is 6.54 Å². The molecule has 31 heavy (non-hydrogen) atoms. The molecule has 2 aliphatic heterocycles. The van der Waals surface area contributed by atoms with E-state index in [1.807, 2.05) is 12.2 Å². The molecule has 10 heteroatoms. The summed E-state index contributed by atoms with van der Waals surface area (Å²) in [7, 11) is 0. The van der Waals surface area contributed by atoms with Crippen LogP contribution >= 0.6 is 11.6 Å². The molecule has 4 atom stereocenters. The van der Waals surface area contributed by atoms with Crippen LogP contribution in [0.2, 0.25) is 5.02 Å². The second-order valence-electron chi connectivity index (χ2n) is 7.71. The number of fused-ring (bicyclic) bond motifs is 1. The van der Waals surface area contributed by atoms with Crippen molar-refractivity contribution in [2.24, 2.45) is 11.8 Å². The van der Waals surface area contributed by atoms with E-state index in [9.17, 15) is 29.6 Å². The number of nitro benzene ring substituents is 1. The third-order valence-electron chi connectivity index (χ3n) is 5.77. The smallest absolute Gasteiger partial charge is 0.321 e. The van der Waals surface area contributed by atoms with Crippen molar-refractivity contribution >= 4 is 35.1 Å². The average molecular weight is 450 g/mol. The Morgan fingerprint density at radius 2 is 1.94 bits per heavy atom. The molecule has 2 N–H and O–H groups in total. The molecule has 0 bridgehead atoms. The molecule has 1 aromatic carbocycles. The number of carbonyl (C=O) groups is 3. The number of nitrogens with one attached hydrogen (secondary N) is 1. The number of amides is 2. The molecular formula is C21H24ClN3O6. The largest absolute Gasteiger partial charge is 0.480 e. The fourth-order valence-corrected chi connectivity index (χ4v) is 4.44. The van der Waals surface area contributed by atoms with Gasteiger partial charge in [-0.25, -0.2) is 0 Å². The van der Waals surface area contributed by atoms with E-state index in [2.05, 4.69) is 12.2 Å². The Kier molecular flexibility index (Phi) is 7.07. The number of likely N-dealkylation sites (tertiary alicyclic amines) is 1. The number of nitrogens with zero attached hydrogens (tertiary/aromatic N) is 2. The number of hydrogen-bond donors (Lipinski definition) is 2. The Morgan fingerprint density at radius 1 is 1.26 bits per heavy atom. The Balaban J connectivity index is 1.85. The van der Waals surface area contributed by atoms with Gasteiger partial charge in [0.15, 0.2) is 0 Å². The number of rotatable bonds is 9. The van der Waals surface area contributed by atoms with Gasteiger partial charge in [0.1, 0.15) is 11.1 Å². The van der Waals surface area contributed by atoms with Gasteiger partial charge in [0, 0.05) is 18.7 Å². The molecule has 2 heterocycles. The fourth-order valence-electron chi connectivity index (χ4n) is 4.25. The van der Waals surface area contributed by atoms with Gasteiger partial charge in [-0.1, -0.05) is 49.6 Å². The minimum absolute atomic E-state index is 0.0663. The summed E-state index contributed by atoms with van der Waals surface area (Å²) in [6.45, 7) is 2.26. The molecule has 0 aromatic heterocycles. The number of carboxylic acids is 1. The zero-order chi connectivity index (χ0) is 22.7. The van der Waals surface area contributed by atoms with E-state index in [-0.39, 0.29) is 17.3 Å². The highest BCUT2D eigenvalue weighted by molar-refractivity contribution is 6.32. The summed E-state index contributed by atoms with van der Waals surface area (Å²) in [6, 6.07) is 1.96. The molecule has 2 fully saturated rings. The van der Waals surface area contributed by atoms with Gasteiger partial charge in [-0.15, -0.1) is 0 Å². The minimum atomic E-state index is -1.26. The highest BCUT2D eigenvalue weighted by Crippen LogP contribution is 2.45. The molecule has 4 unspecified atom stereocenters. The molecule has 3 rings (SSSR count). The topological polar surface area (TPSA) is 130 Å². The van der Waals surface area contributed by atoms with Gasteiger partial charge >= 0.3 is 5.97 Å². The Hall–Kier alpha value is -2.78. The van der Waals surface area contributed by atoms with Crippen LogP contribution in [-0.2, 0) is 14.4 Å². The number of carbonyl (C=O) groups excluding carboxylic acids is 2. The zero-order valence-electron chi connectivity index (χ0n) is 17.0. The number of aliphatic carboxylic acids is 1. The molecule has 0 spiro atoms. The van der Waals surface area contributed by atoms with E-state index in [1.54, 1.807) is 0 Å². The molecule has 0 saturated carbocycles. The number of nitro groups is 1. The average Bonchev–Trinajstić information content (AvgIpc) is 3.23. The van der Waals surface area contributed by atoms with Gasteiger partial charge in [0.2, 0.25) is 11.8 Å². The quantitative estimate of drug-likeness (QED) is 0.195. The maximum atomic E-state index is 13.1. The number of benzene rings is 1. The van der Waals surface area contributed by atoms with Crippen molar-refractivity contribution < 1.29 is 24.4 Å². The van der Waals surface area contributed by atoms with Crippen molar-refractivity contribution in [1.82, 2.24) is 10.2 Å². The predicted octanol–water partition coefficient (Wildman–Crippen LogP) is 3.08. The molecule has 0 radical (unpaired) electrons. The Labute approximate surface area is 184 Å². The lowest BCUT2D eigenvalue weighted by Gasteiger charge is -2.21. The van der Waals surface area contributed by atoms with E-state index >= 15 is 0 Å². The van der Waals surface area contributed by atoms with Crippen molar-refractivity contribution in [2.45, 2.75) is 44.7 Å². The summed E-state index contributed by atoms with van der Waals surface area (Å²) in [6.07, 6.45) is 7.46. The third-order valence-corrected chi connectivity index (χ3v) is 6.09. The van der Waals surface area contributed by atoms with E-state index in [4.69, 9.17) is 11.6 Å². The lowest BCUT2D eigenvalue weighted by atomic mass is 9.86. The first kappa shape index (κ1) is 22.9. The number of unbranched alkanes of at least 4 members (excludes halogenated alkanes) is 2. The Bertz CT molecular complexity index is 934. The zero-order valence-corrected chi connectivity index (χ0v) is 17.7. The van der Waals surface area contributed by atoms with E-state index in [0.717, 1.165) is 24.2 Å². The van der Waals surface area contributed by atoms with Crippen LogP contribution in [0.25, 0.3) is 0 Å². The first-order valence-corrected chi connectivity index (χ1v) is 10.6. The van der Waals surface area contributed by atoms with Gasteiger partial charge in [0.25, 0.3) is 5.69 Å². The van der Waals surface area contributed by atoms with Gasteiger partial charge in [-0.3, -0.25) is 34.7 Å². The monoisotopic (exact) mass is 449 g/mol.